The van der Waals surface area contributed by atoms with Gasteiger partial charge in [0.25, 0.3) is 6.04 Å². The van der Waals surface area contributed by atoms with Gasteiger partial charge in [-0.3, -0.25) is 0 Å². The number of hydrogen-bond donors (Lipinski definition) is 0. The van der Waals surface area contributed by atoms with Crippen LogP contribution in [0.1, 0.15) is 22.0 Å². The van der Waals surface area contributed by atoms with Crippen molar-refractivity contribution in [3.63, 3.8) is 0 Å². The zero-order chi connectivity index (χ0) is 14.8. The maximum Gasteiger partial charge on any atom is 0.380 e. The number of halogens is 2. The summed E-state index contributed by atoms with van der Waals surface area (Å²) in [5, 5.41) is 2.66. The van der Waals surface area contributed by atoms with Gasteiger partial charge in [-0.2, -0.15) is 0 Å². The highest BCUT2D eigenvalue weighted by Crippen LogP contribution is 2.29. The molecule has 1 aliphatic heterocycles. The quantitative estimate of drug-likeness (QED) is 0.548. The Balaban J connectivity index is 0.00000176. The van der Waals surface area contributed by atoms with Gasteiger partial charge in [-0.25, -0.2) is 9.37 Å². The van der Waals surface area contributed by atoms with Crippen LogP contribution in [-0.2, 0) is 16.0 Å². The predicted octanol–water partition coefficient (Wildman–Crippen LogP) is 0.307. The molecular weight excluding hydrogens is 386 g/mol. The monoisotopic (exact) mass is 399 g/mol. The number of carbonyl (C=O) groups excluding carboxylic acids is 1. The Hall–Kier alpha value is -1.17. The fourth-order valence-corrected chi connectivity index (χ4v) is 3.68. The number of carbonyl (C=O) groups is 1. The highest BCUT2D eigenvalue weighted by atomic mass is 79.9. The number of hydrogen-bond acceptors (Lipinski definition) is 3. The number of methoxy groups -OCH3 is 1. The molecule has 0 spiro atoms. The van der Waals surface area contributed by atoms with Gasteiger partial charge in [0.05, 0.1) is 17.7 Å². The number of ether oxygens (including phenoxy) is 1. The van der Waals surface area contributed by atoms with E-state index in [1.165, 1.54) is 17.6 Å². The molecular formula is C16H15BrClNO2S. The SMILES string of the molecule is COC(=O)[C@H](c1ccccc1Cl)[N+]1=Cc2ccsc2CC1.[Br-]. The summed E-state index contributed by atoms with van der Waals surface area (Å²) in [4.78, 5) is 13.6. The number of esters is 1. The van der Waals surface area contributed by atoms with E-state index >= 15 is 0 Å². The Morgan fingerprint density at radius 1 is 1.36 bits per heavy atom. The van der Waals surface area contributed by atoms with Crippen LogP contribution in [0, 0.1) is 0 Å². The Morgan fingerprint density at radius 2 is 2.14 bits per heavy atom. The maximum absolute atomic E-state index is 12.3. The highest BCUT2D eigenvalue weighted by Gasteiger charge is 2.35. The number of rotatable bonds is 3. The van der Waals surface area contributed by atoms with Crippen molar-refractivity contribution in [2.45, 2.75) is 12.5 Å². The van der Waals surface area contributed by atoms with E-state index in [0.29, 0.717) is 5.02 Å². The van der Waals surface area contributed by atoms with Gasteiger partial charge in [-0.05, 0) is 17.5 Å². The van der Waals surface area contributed by atoms with Gasteiger partial charge < -0.3 is 21.7 Å². The molecule has 0 bridgehead atoms. The van der Waals surface area contributed by atoms with Crippen molar-refractivity contribution < 1.29 is 31.1 Å². The van der Waals surface area contributed by atoms with E-state index < -0.39 is 6.04 Å². The minimum Gasteiger partial charge on any atom is -1.00 e. The lowest BCUT2D eigenvalue weighted by molar-refractivity contribution is -0.557. The van der Waals surface area contributed by atoms with Crippen molar-refractivity contribution in [3.8, 4) is 0 Å². The molecule has 1 atom stereocenters. The molecule has 1 aromatic carbocycles. The smallest absolute Gasteiger partial charge is 0.380 e. The van der Waals surface area contributed by atoms with Crippen molar-refractivity contribution in [1.29, 1.82) is 0 Å². The van der Waals surface area contributed by atoms with Crippen molar-refractivity contribution in [2.24, 2.45) is 0 Å². The topological polar surface area (TPSA) is 29.3 Å². The molecule has 1 aromatic heterocycles. The van der Waals surface area contributed by atoms with Gasteiger partial charge in [0.15, 0.2) is 6.21 Å². The molecule has 0 saturated carbocycles. The summed E-state index contributed by atoms with van der Waals surface area (Å²) in [5.74, 6) is -0.293. The third-order valence-electron chi connectivity index (χ3n) is 3.64. The molecule has 3 rings (SSSR count). The lowest BCUT2D eigenvalue weighted by Crippen LogP contribution is -3.00. The van der Waals surface area contributed by atoms with Crippen molar-refractivity contribution in [2.75, 3.05) is 13.7 Å². The molecule has 0 amide bonds. The van der Waals surface area contributed by atoms with Gasteiger partial charge in [0.1, 0.15) is 6.54 Å². The summed E-state index contributed by atoms with van der Waals surface area (Å²) in [6.07, 6.45) is 2.96. The van der Waals surface area contributed by atoms with Crippen LogP contribution in [0.3, 0.4) is 0 Å². The molecule has 0 radical (unpaired) electrons. The Kier molecular flexibility index (Phi) is 5.78. The summed E-state index contributed by atoms with van der Waals surface area (Å²) in [6, 6.07) is 8.99. The molecule has 2 heterocycles. The first-order valence-electron chi connectivity index (χ1n) is 6.70. The standard InChI is InChI=1S/C16H15ClNO2S.BrH/c1-20-16(19)15(12-4-2-3-5-13(12)17)18-8-6-14-11(10-18)7-9-21-14;/h2-5,7,9-10,15H,6,8H2,1H3;1H/q+1;/p-1/t15-;/m0./s1. The molecule has 3 nitrogen and oxygen atoms in total. The van der Waals surface area contributed by atoms with Crippen LogP contribution >= 0.6 is 22.9 Å². The normalized spacial score (nSPS) is 14.4. The van der Waals surface area contributed by atoms with E-state index in [-0.39, 0.29) is 23.0 Å². The first-order valence-corrected chi connectivity index (χ1v) is 7.95. The molecule has 0 fully saturated rings. The molecule has 116 valence electrons. The summed E-state index contributed by atoms with van der Waals surface area (Å²) in [6.45, 7) is 0.776. The molecule has 1 aliphatic rings. The first kappa shape index (κ1) is 17.2. The highest BCUT2D eigenvalue weighted by molar-refractivity contribution is 7.10. The largest absolute Gasteiger partial charge is 1.00 e. The van der Waals surface area contributed by atoms with E-state index in [0.717, 1.165) is 18.5 Å². The second-order valence-electron chi connectivity index (χ2n) is 4.86. The fourth-order valence-electron chi connectivity index (χ4n) is 2.60. The van der Waals surface area contributed by atoms with Crippen LogP contribution in [0.25, 0.3) is 0 Å². The average Bonchev–Trinajstić information content (AvgIpc) is 2.97. The maximum atomic E-state index is 12.3. The van der Waals surface area contributed by atoms with Crippen LogP contribution < -0.4 is 17.0 Å². The fraction of sp³-hybridized carbons (Fsp3) is 0.250. The summed E-state index contributed by atoms with van der Waals surface area (Å²) in [7, 11) is 1.41. The molecule has 0 N–H and O–H groups in total. The van der Waals surface area contributed by atoms with Gasteiger partial charge in [-0.15, -0.1) is 11.3 Å². The summed E-state index contributed by atoms with van der Waals surface area (Å²) in [5.41, 5.74) is 1.95. The zero-order valence-electron chi connectivity index (χ0n) is 12.0. The third kappa shape index (κ3) is 3.26. The molecule has 2 aromatic rings. The minimum absolute atomic E-state index is 0. The van der Waals surface area contributed by atoms with E-state index in [1.807, 2.05) is 29.0 Å². The van der Waals surface area contributed by atoms with Crippen molar-refractivity contribution in [3.05, 3.63) is 56.7 Å². The van der Waals surface area contributed by atoms with E-state index in [4.69, 9.17) is 16.3 Å². The van der Waals surface area contributed by atoms with Gasteiger partial charge in [0.2, 0.25) is 0 Å². The first-order chi connectivity index (χ1) is 10.2. The van der Waals surface area contributed by atoms with Crippen LogP contribution in [-0.4, -0.2) is 30.4 Å². The Morgan fingerprint density at radius 3 is 2.86 bits per heavy atom. The zero-order valence-corrected chi connectivity index (χ0v) is 15.1. The number of nitrogens with zero attached hydrogens (tertiary/aromatic N) is 1. The molecule has 6 heteroatoms. The van der Waals surface area contributed by atoms with Crippen LogP contribution in [0.2, 0.25) is 5.02 Å². The summed E-state index contributed by atoms with van der Waals surface area (Å²) < 4.78 is 7.00. The number of benzene rings is 1. The second-order valence-corrected chi connectivity index (χ2v) is 6.27. The van der Waals surface area contributed by atoms with E-state index in [9.17, 15) is 4.79 Å². The van der Waals surface area contributed by atoms with Crippen LogP contribution in [0.15, 0.2) is 35.7 Å². The predicted molar refractivity (Wildman–Crippen MR) is 84.5 cm³/mol. The third-order valence-corrected chi connectivity index (χ3v) is 4.98. The lowest BCUT2D eigenvalue weighted by Gasteiger charge is -2.18. The Labute approximate surface area is 149 Å². The molecule has 0 unspecified atom stereocenters. The summed E-state index contributed by atoms with van der Waals surface area (Å²) >= 11 is 8.02. The molecule has 0 aliphatic carbocycles. The van der Waals surface area contributed by atoms with Gasteiger partial charge in [-0.1, -0.05) is 29.8 Å². The van der Waals surface area contributed by atoms with Crippen LogP contribution in [0.5, 0.6) is 0 Å². The van der Waals surface area contributed by atoms with Gasteiger partial charge >= 0.3 is 5.97 Å². The van der Waals surface area contributed by atoms with Crippen molar-refractivity contribution >= 4 is 35.1 Å². The van der Waals surface area contributed by atoms with Crippen LogP contribution in [0.4, 0.5) is 0 Å². The Bertz CT molecular complexity index is 714. The van der Waals surface area contributed by atoms with E-state index in [2.05, 4.69) is 11.4 Å². The average molecular weight is 401 g/mol. The van der Waals surface area contributed by atoms with Gasteiger partial charge in [0, 0.05) is 16.9 Å². The minimum atomic E-state index is -0.503. The lowest BCUT2D eigenvalue weighted by atomic mass is 10.0. The van der Waals surface area contributed by atoms with Crippen molar-refractivity contribution in [1.82, 2.24) is 0 Å². The molecule has 22 heavy (non-hydrogen) atoms. The number of fused-ring (bicyclic) bond motifs is 1. The number of thiophene rings is 1. The molecule has 0 saturated heterocycles. The second kappa shape index (κ2) is 7.40. The van der Waals surface area contributed by atoms with E-state index in [1.54, 1.807) is 17.4 Å².